The van der Waals surface area contributed by atoms with Gasteiger partial charge in [0.2, 0.25) is 5.83 Å². The second-order valence-corrected chi connectivity index (χ2v) is 7.85. The van der Waals surface area contributed by atoms with Crippen LogP contribution in [0.15, 0.2) is 12.2 Å². The van der Waals surface area contributed by atoms with E-state index in [4.69, 9.17) is 0 Å². The monoisotopic (exact) mass is 732 g/mol. The van der Waals surface area contributed by atoms with Crippen molar-refractivity contribution in [2.24, 2.45) is 0 Å². The first-order valence-corrected chi connectivity index (χ1v) is 9.05. The van der Waals surface area contributed by atoms with Crippen molar-refractivity contribution >= 4 is 0 Å². The van der Waals surface area contributed by atoms with E-state index >= 15 is 0 Å². The first kappa shape index (κ1) is 41.7. The van der Waals surface area contributed by atoms with Crippen LogP contribution in [0, 0.1) is 0 Å². The van der Waals surface area contributed by atoms with Gasteiger partial charge in [0.1, 0.15) is 6.33 Å². The maximum atomic E-state index is 13.6. The predicted molar refractivity (Wildman–Crippen MR) is 75.7 cm³/mol. The Morgan fingerprint density at radius 2 is 0.432 bits per heavy atom. The lowest BCUT2D eigenvalue weighted by atomic mass is 9.84. The summed E-state index contributed by atoms with van der Waals surface area (Å²) in [5.41, 5.74) is 0. The van der Waals surface area contributed by atoms with Crippen LogP contribution >= 0.6 is 0 Å². The van der Waals surface area contributed by atoms with Crippen molar-refractivity contribution in [3.05, 3.63) is 12.2 Å². The third kappa shape index (κ3) is 4.60. The van der Waals surface area contributed by atoms with Crippen LogP contribution in [0.4, 0.5) is 127 Å². The van der Waals surface area contributed by atoms with Gasteiger partial charge >= 0.3 is 77.2 Å². The molecule has 0 bridgehead atoms. The minimum Gasteiger partial charge on any atom is -0.212 e. The Morgan fingerprint density at radius 1 is 0.273 bits per heavy atom. The Balaban J connectivity index is 7.51. The zero-order valence-electron chi connectivity index (χ0n) is 18.5. The van der Waals surface area contributed by atoms with E-state index in [0.717, 1.165) is 0 Å². The zero-order chi connectivity index (χ0) is 36.8. The first-order valence-electron chi connectivity index (χ1n) is 9.05. The van der Waals surface area contributed by atoms with Gasteiger partial charge in [0.25, 0.3) is 0 Å². The van der Waals surface area contributed by atoms with Crippen LogP contribution in [0.5, 0.6) is 0 Å². The molecule has 0 N–H and O–H groups in total. The van der Waals surface area contributed by atoms with Gasteiger partial charge < -0.3 is 0 Å². The Bertz CT molecular complexity index is 1080. The van der Waals surface area contributed by atoms with E-state index in [1.807, 2.05) is 0 Å². The van der Waals surface area contributed by atoms with Crippen molar-refractivity contribution in [2.45, 2.75) is 77.2 Å². The maximum absolute atomic E-state index is 13.6. The molecule has 0 saturated carbocycles. The molecule has 44 heavy (non-hydrogen) atoms. The van der Waals surface area contributed by atoms with Crippen molar-refractivity contribution in [1.29, 1.82) is 0 Å². The average molecular weight is 732 g/mol. The summed E-state index contributed by atoms with van der Waals surface area (Å²) in [5, 5.41) is 0. The van der Waals surface area contributed by atoms with Crippen LogP contribution in [0.25, 0.3) is 0 Å². The minimum atomic E-state index is -9.89. The van der Waals surface area contributed by atoms with E-state index < -0.39 is 89.4 Å². The third-order valence-corrected chi connectivity index (χ3v) is 5.09. The van der Waals surface area contributed by atoms with Gasteiger partial charge in [0, 0.05) is 0 Å². The van der Waals surface area contributed by atoms with Crippen LogP contribution in [0.2, 0.25) is 0 Å². The van der Waals surface area contributed by atoms with E-state index in [1.54, 1.807) is 0 Å². The maximum Gasteiger partial charge on any atom is 0.460 e. The summed E-state index contributed by atoms with van der Waals surface area (Å²) in [6, 6.07) is 0. The molecule has 0 saturated heterocycles. The molecule has 0 aromatic rings. The van der Waals surface area contributed by atoms with Gasteiger partial charge in [-0.15, -0.1) is 0 Å². The van der Waals surface area contributed by atoms with Crippen LogP contribution in [-0.2, 0) is 0 Å². The SMILES string of the molecule is FC=C(F)C(F)(F)C(F)(F)C(F)(F)C(F)(F)C(F)(F)C(F)(F)C(F)(F)C(F)(F)C(F)(F)C(F)(F)C(F)(F)C(F)(F)C(F)(F)F. The highest BCUT2D eigenvalue weighted by molar-refractivity contribution is 5.22. The molecular weight excluding hydrogens is 731 g/mol. The van der Waals surface area contributed by atoms with Crippen LogP contribution < -0.4 is 0 Å². The van der Waals surface area contributed by atoms with E-state index in [1.165, 1.54) is 0 Å². The largest absolute Gasteiger partial charge is 0.460 e. The van der Waals surface area contributed by atoms with Gasteiger partial charge in [0.05, 0.1) is 0 Å². The highest BCUT2D eigenvalue weighted by atomic mass is 19.4. The number of hydrogen-bond acceptors (Lipinski definition) is 0. The molecule has 0 amide bonds. The van der Waals surface area contributed by atoms with E-state index in [9.17, 15) is 127 Å². The molecule has 0 aliphatic rings. The van der Waals surface area contributed by atoms with Gasteiger partial charge in [-0.3, -0.25) is 0 Å². The Morgan fingerprint density at radius 3 is 0.591 bits per heavy atom. The molecule has 0 aliphatic carbocycles. The van der Waals surface area contributed by atoms with Crippen molar-refractivity contribution < 1.29 is 127 Å². The molecule has 29 heteroatoms. The summed E-state index contributed by atoms with van der Waals surface area (Å²) >= 11 is 0. The molecule has 0 nitrogen and oxygen atoms in total. The summed E-state index contributed by atoms with van der Waals surface area (Å²) in [7, 11) is 0. The van der Waals surface area contributed by atoms with Crippen LogP contribution in [-0.4, -0.2) is 77.2 Å². The molecule has 0 atom stereocenters. The number of halogens is 29. The van der Waals surface area contributed by atoms with Crippen molar-refractivity contribution in [1.82, 2.24) is 0 Å². The Kier molecular flexibility index (Phi) is 9.58. The first-order chi connectivity index (χ1) is 18.5. The fourth-order valence-electron chi connectivity index (χ4n) is 2.37. The second kappa shape index (κ2) is 10.1. The molecule has 0 fully saturated rings. The minimum absolute atomic E-state index is 2.54. The lowest BCUT2D eigenvalue weighted by molar-refractivity contribution is -0.484. The normalized spacial score (nSPS) is 17.3. The molecule has 0 unspecified atom stereocenters. The highest BCUT2D eigenvalue weighted by Crippen LogP contribution is 2.68. The van der Waals surface area contributed by atoms with E-state index in [-0.39, 0.29) is 0 Å². The fraction of sp³-hybridized carbons (Fsp3) is 0.867. The number of allylic oxidation sites excluding steroid dienone is 1. The van der Waals surface area contributed by atoms with E-state index in [2.05, 4.69) is 0 Å². The van der Waals surface area contributed by atoms with Gasteiger partial charge in [-0.05, 0) is 0 Å². The summed E-state index contributed by atoms with van der Waals surface area (Å²) in [5.74, 6) is -117. The van der Waals surface area contributed by atoms with Crippen molar-refractivity contribution in [3.63, 3.8) is 0 Å². The van der Waals surface area contributed by atoms with Crippen LogP contribution in [0.3, 0.4) is 0 Å². The van der Waals surface area contributed by atoms with Crippen LogP contribution in [0.1, 0.15) is 0 Å². The summed E-state index contributed by atoms with van der Waals surface area (Å²) < 4.78 is 380. The third-order valence-electron chi connectivity index (χ3n) is 5.09. The van der Waals surface area contributed by atoms with Gasteiger partial charge in [-0.2, -0.15) is 119 Å². The van der Waals surface area contributed by atoms with Crippen molar-refractivity contribution in [3.8, 4) is 0 Å². The molecule has 0 heterocycles. The molecule has 0 radical (unpaired) electrons. The molecule has 0 aliphatic heterocycles. The Labute approximate surface area is 218 Å². The zero-order valence-corrected chi connectivity index (χ0v) is 18.5. The molecule has 0 rings (SSSR count). The van der Waals surface area contributed by atoms with Gasteiger partial charge in [-0.1, -0.05) is 0 Å². The topological polar surface area (TPSA) is 0 Å². The van der Waals surface area contributed by atoms with Crippen molar-refractivity contribution in [2.75, 3.05) is 0 Å². The molecular formula is C15HF29. The lowest BCUT2D eigenvalue weighted by Crippen LogP contribution is -2.78. The summed E-state index contributed by atoms with van der Waals surface area (Å²) in [4.78, 5) is 0. The molecule has 0 spiro atoms. The summed E-state index contributed by atoms with van der Waals surface area (Å²) in [6.45, 7) is 0. The molecule has 0 aromatic carbocycles. The highest BCUT2D eigenvalue weighted by Gasteiger charge is 3.00. The fourth-order valence-corrected chi connectivity index (χ4v) is 2.37. The van der Waals surface area contributed by atoms with E-state index in [0.29, 0.717) is 0 Å². The number of hydrogen-bond donors (Lipinski definition) is 0. The predicted octanol–water partition coefficient (Wildman–Crippen LogP) is 9.95. The summed E-state index contributed by atoms with van der Waals surface area (Å²) in [6.07, 6.45) is -10.8. The van der Waals surface area contributed by atoms with Gasteiger partial charge in [-0.25, -0.2) is 8.78 Å². The van der Waals surface area contributed by atoms with Gasteiger partial charge in [0.15, 0.2) is 0 Å². The quantitative estimate of drug-likeness (QED) is 0.175. The average Bonchev–Trinajstić information content (AvgIpc) is 2.80. The number of alkyl halides is 27. The second-order valence-electron chi connectivity index (χ2n) is 7.85. The molecule has 0 aromatic heterocycles. The standard InChI is InChI=1S/C15HF29/c16-1-2(17)3(18,19)4(20,21)5(22,23)6(24,25)7(26,27)8(28,29)9(30,31)10(32,33)11(34,35)12(36,37)13(38,39)14(40,41)15(42,43)44/h1H. The molecule has 264 valence electrons. The smallest absolute Gasteiger partial charge is 0.212 e. The lowest BCUT2D eigenvalue weighted by Gasteiger charge is -2.46. The Hall–Kier alpha value is -2.29. The number of rotatable bonds is 12.